The van der Waals surface area contributed by atoms with E-state index in [1.807, 2.05) is 4.90 Å². The van der Waals surface area contributed by atoms with Gasteiger partial charge in [-0.1, -0.05) is 12.8 Å². The normalized spacial score (nSPS) is 27.5. The zero-order valence-corrected chi connectivity index (χ0v) is 9.21. The van der Waals surface area contributed by atoms with Crippen LogP contribution in [0.1, 0.15) is 38.5 Å². The van der Waals surface area contributed by atoms with E-state index in [9.17, 15) is 4.79 Å². The summed E-state index contributed by atoms with van der Waals surface area (Å²) < 4.78 is 5.39. The Kier molecular flexibility index (Phi) is 3.83. The van der Waals surface area contributed by atoms with Gasteiger partial charge in [-0.25, -0.2) is 4.79 Å². The van der Waals surface area contributed by atoms with Gasteiger partial charge in [-0.3, -0.25) is 0 Å². The second kappa shape index (κ2) is 5.35. The summed E-state index contributed by atoms with van der Waals surface area (Å²) in [6.45, 7) is 2.59. The third-order valence-electron chi connectivity index (χ3n) is 3.11. The molecule has 0 aromatic carbocycles. The summed E-state index contributed by atoms with van der Waals surface area (Å²) in [5.41, 5.74) is 0. The third-order valence-corrected chi connectivity index (χ3v) is 3.11. The lowest BCUT2D eigenvalue weighted by atomic mass is 10.2. The summed E-state index contributed by atoms with van der Waals surface area (Å²) in [6.07, 6.45) is 6.76. The molecular weight excluding hydrogens is 192 g/mol. The predicted molar refractivity (Wildman–Crippen MR) is 57.5 cm³/mol. The molecule has 0 spiro atoms. The molecule has 1 N–H and O–H groups in total. The Morgan fingerprint density at radius 3 is 2.47 bits per heavy atom. The molecule has 0 aromatic rings. The van der Waals surface area contributed by atoms with Crippen molar-refractivity contribution in [2.75, 3.05) is 19.7 Å². The molecule has 0 aliphatic carbocycles. The molecular formula is C11H20N2O2. The van der Waals surface area contributed by atoms with Crippen molar-refractivity contribution in [1.29, 1.82) is 0 Å². The standard InChI is InChI=1S/C11H20N2O2/c14-11(12-10-6-5-9-15-10)13-7-3-1-2-4-8-13/h10H,1-9H2,(H,12,14). The number of urea groups is 1. The number of hydrogen-bond donors (Lipinski definition) is 1. The molecule has 2 rings (SSSR count). The molecule has 1 unspecified atom stereocenters. The molecule has 0 aromatic heterocycles. The summed E-state index contributed by atoms with van der Waals surface area (Å²) in [5.74, 6) is 0. The average Bonchev–Trinajstić information content (AvgIpc) is 2.58. The number of rotatable bonds is 1. The van der Waals surface area contributed by atoms with Crippen molar-refractivity contribution in [2.45, 2.75) is 44.8 Å². The Hall–Kier alpha value is -0.770. The minimum absolute atomic E-state index is 0.0410. The first-order chi connectivity index (χ1) is 7.36. The third kappa shape index (κ3) is 3.09. The molecule has 0 saturated carbocycles. The van der Waals surface area contributed by atoms with E-state index in [1.54, 1.807) is 0 Å². The van der Waals surface area contributed by atoms with E-state index in [4.69, 9.17) is 4.74 Å². The van der Waals surface area contributed by atoms with Crippen molar-refractivity contribution >= 4 is 6.03 Å². The molecule has 2 fully saturated rings. The maximum absolute atomic E-state index is 11.8. The Bertz CT molecular complexity index is 207. The van der Waals surface area contributed by atoms with E-state index >= 15 is 0 Å². The van der Waals surface area contributed by atoms with E-state index in [0.29, 0.717) is 0 Å². The fourth-order valence-corrected chi connectivity index (χ4v) is 2.19. The second-order valence-corrected chi connectivity index (χ2v) is 4.35. The Balaban J connectivity index is 1.77. The van der Waals surface area contributed by atoms with Gasteiger partial charge < -0.3 is 15.0 Å². The van der Waals surface area contributed by atoms with Gasteiger partial charge in [-0.2, -0.15) is 0 Å². The van der Waals surface area contributed by atoms with Gasteiger partial charge >= 0.3 is 6.03 Å². The number of hydrogen-bond acceptors (Lipinski definition) is 2. The van der Waals surface area contributed by atoms with Gasteiger partial charge in [-0.05, 0) is 25.7 Å². The van der Waals surface area contributed by atoms with Gasteiger partial charge in [0.25, 0.3) is 0 Å². The Morgan fingerprint density at radius 2 is 1.87 bits per heavy atom. The Labute approximate surface area is 91.0 Å². The topological polar surface area (TPSA) is 41.6 Å². The van der Waals surface area contributed by atoms with E-state index in [2.05, 4.69) is 5.32 Å². The summed E-state index contributed by atoms with van der Waals surface area (Å²) in [5, 5.41) is 2.94. The fraction of sp³-hybridized carbons (Fsp3) is 0.909. The van der Waals surface area contributed by atoms with Crippen LogP contribution in [0, 0.1) is 0 Å². The van der Waals surface area contributed by atoms with Gasteiger partial charge in [0.05, 0.1) is 0 Å². The lowest BCUT2D eigenvalue weighted by Crippen LogP contribution is -2.45. The number of carbonyl (C=O) groups excluding carboxylic acids is 1. The largest absolute Gasteiger partial charge is 0.358 e. The first kappa shape index (κ1) is 10.7. The van der Waals surface area contributed by atoms with E-state index < -0.39 is 0 Å². The van der Waals surface area contributed by atoms with Gasteiger partial charge in [0.1, 0.15) is 6.23 Å². The lowest BCUT2D eigenvalue weighted by Gasteiger charge is -2.22. The van der Waals surface area contributed by atoms with Crippen molar-refractivity contribution < 1.29 is 9.53 Å². The SMILES string of the molecule is O=C(NC1CCCO1)N1CCCCCC1. The molecule has 2 heterocycles. The first-order valence-corrected chi connectivity index (χ1v) is 6.03. The second-order valence-electron chi connectivity index (χ2n) is 4.35. The highest BCUT2D eigenvalue weighted by atomic mass is 16.5. The van der Waals surface area contributed by atoms with Crippen LogP contribution in [0.5, 0.6) is 0 Å². The molecule has 2 saturated heterocycles. The molecule has 2 aliphatic rings. The molecule has 1 atom stereocenters. The maximum Gasteiger partial charge on any atom is 0.319 e. The average molecular weight is 212 g/mol. The quantitative estimate of drug-likeness (QED) is 0.719. The number of likely N-dealkylation sites (tertiary alicyclic amines) is 1. The molecule has 86 valence electrons. The van der Waals surface area contributed by atoms with Gasteiger partial charge in [-0.15, -0.1) is 0 Å². The minimum atomic E-state index is -0.0410. The summed E-state index contributed by atoms with van der Waals surface area (Å²) in [7, 11) is 0. The van der Waals surface area contributed by atoms with Gasteiger partial charge in [0.2, 0.25) is 0 Å². The van der Waals surface area contributed by atoms with E-state index in [1.165, 1.54) is 12.8 Å². The number of amides is 2. The number of nitrogens with one attached hydrogen (secondary N) is 1. The van der Waals surface area contributed by atoms with E-state index in [0.717, 1.165) is 45.4 Å². The van der Waals surface area contributed by atoms with Gasteiger partial charge in [0, 0.05) is 19.7 Å². The molecule has 2 amide bonds. The molecule has 0 bridgehead atoms. The van der Waals surface area contributed by atoms with Crippen molar-refractivity contribution in [3.63, 3.8) is 0 Å². The first-order valence-electron chi connectivity index (χ1n) is 6.03. The molecule has 4 nitrogen and oxygen atoms in total. The highest BCUT2D eigenvalue weighted by molar-refractivity contribution is 5.74. The van der Waals surface area contributed by atoms with Crippen LogP contribution in [0.25, 0.3) is 0 Å². The van der Waals surface area contributed by atoms with Gasteiger partial charge in [0.15, 0.2) is 0 Å². The van der Waals surface area contributed by atoms with Crippen LogP contribution in [0.3, 0.4) is 0 Å². The molecule has 2 aliphatic heterocycles. The van der Waals surface area contributed by atoms with E-state index in [-0.39, 0.29) is 12.3 Å². The van der Waals surface area contributed by atoms with Crippen LogP contribution in [-0.4, -0.2) is 36.9 Å². The maximum atomic E-state index is 11.8. The summed E-state index contributed by atoms with van der Waals surface area (Å²) >= 11 is 0. The van der Waals surface area contributed by atoms with Crippen molar-refractivity contribution in [1.82, 2.24) is 10.2 Å². The molecule has 0 radical (unpaired) electrons. The monoisotopic (exact) mass is 212 g/mol. The van der Waals surface area contributed by atoms with Crippen LogP contribution < -0.4 is 5.32 Å². The van der Waals surface area contributed by atoms with Crippen LogP contribution in [0.2, 0.25) is 0 Å². The number of carbonyl (C=O) groups is 1. The molecule has 4 heteroatoms. The Morgan fingerprint density at radius 1 is 1.13 bits per heavy atom. The van der Waals surface area contributed by atoms with Crippen LogP contribution in [0.15, 0.2) is 0 Å². The number of nitrogens with zero attached hydrogens (tertiary/aromatic N) is 1. The summed E-state index contributed by atoms with van der Waals surface area (Å²) in [4.78, 5) is 13.8. The van der Waals surface area contributed by atoms with Crippen molar-refractivity contribution in [2.24, 2.45) is 0 Å². The van der Waals surface area contributed by atoms with Crippen molar-refractivity contribution in [3.8, 4) is 0 Å². The lowest BCUT2D eigenvalue weighted by molar-refractivity contribution is 0.0838. The highest BCUT2D eigenvalue weighted by Crippen LogP contribution is 2.12. The predicted octanol–water partition coefficient (Wildman–Crippen LogP) is 1.71. The highest BCUT2D eigenvalue weighted by Gasteiger charge is 2.21. The van der Waals surface area contributed by atoms with Crippen molar-refractivity contribution in [3.05, 3.63) is 0 Å². The number of ether oxygens (including phenoxy) is 1. The zero-order chi connectivity index (χ0) is 10.5. The van der Waals surface area contributed by atoms with Crippen LogP contribution in [0.4, 0.5) is 4.79 Å². The van der Waals surface area contributed by atoms with Crippen LogP contribution in [-0.2, 0) is 4.74 Å². The molecule has 15 heavy (non-hydrogen) atoms. The van der Waals surface area contributed by atoms with Crippen LogP contribution >= 0.6 is 0 Å². The minimum Gasteiger partial charge on any atom is -0.358 e. The summed E-state index contributed by atoms with van der Waals surface area (Å²) in [6, 6.07) is 0.0591. The zero-order valence-electron chi connectivity index (χ0n) is 9.21. The smallest absolute Gasteiger partial charge is 0.319 e. The fourth-order valence-electron chi connectivity index (χ4n) is 2.19.